The Bertz CT molecular complexity index is 316. The molecule has 4 amide bonds. The van der Waals surface area contributed by atoms with Gasteiger partial charge in [0.25, 0.3) is 0 Å². The maximum Gasteiger partial charge on any atom is 1.00 e. The molecule has 0 aliphatic carbocycles. The Kier molecular flexibility index (Phi) is 6.37. The van der Waals surface area contributed by atoms with Gasteiger partial charge in [-0.15, -0.1) is 0 Å². The van der Waals surface area contributed by atoms with Crippen LogP contribution in [0.1, 0.15) is 41.5 Å². The van der Waals surface area contributed by atoms with Gasteiger partial charge in [0, 0.05) is 0 Å². The second-order valence-corrected chi connectivity index (χ2v) is 4.25. The maximum absolute atomic E-state index is 11.9. The van der Waals surface area contributed by atoms with Gasteiger partial charge in [0.1, 0.15) is 5.41 Å². The van der Waals surface area contributed by atoms with Crippen LogP contribution in [-0.2, 0) is 9.59 Å². The first kappa shape index (κ1) is 16.6. The molecule has 92 valence electrons. The van der Waals surface area contributed by atoms with Crippen molar-refractivity contribution in [3.8, 4) is 0 Å². The van der Waals surface area contributed by atoms with Gasteiger partial charge in [-0.2, -0.15) is 0 Å². The zero-order chi connectivity index (χ0) is 12.3. The first-order valence-electron chi connectivity index (χ1n) is 5.65. The van der Waals surface area contributed by atoms with E-state index in [0.29, 0.717) is 6.42 Å². The van der Waals surface area contributed by atoms with E-state index >= 15 is 0 Å². The molecule has 0 bridgehead atoms. The van der Waals surface area contributed by atoms with E-state index in [9.17, 15) is 14.4 Å². The van der Waals surface area contributed by atoms with Gasteiger partial charge in [0.15, 0.2) is 0 Å². The van der Waals surface area contributed by atoms with Crippen molar-refractivity contribution >= 4 is 17.8 Å². The van der Waals surface area contributed by atoms with Crippen molar-refractivity contribution in [1.29, 1.82) is 0 Å². The molecule has 17 heavy (non-hydrogen) atoms. The van der Waals surface area contributed by atoms with E-state index in [2.05, 4.69) is 10.6 Å². The fourth-order valence-corrected chi connectivity index (χ4v) is 2.36. The molecule has 5 nitrogen and oxygen atoms in total. The molecule has 0 aromatic rings. The van der Waals surface area contributed by atoms with Crippen molar-refractivity contribution in [3.05, 3.63) is 0 Å². The van der Waals surface area contributed by atoms with Crippen molar-refractivity contribution in [2.75, 3.05) is 0 Å². The molecule has 0 spiro atoms. The van der Waals surface area contributed by atoms with Crippen LogP contribution in [0.3, 0.4) is 0 Å². The van der Waals surface area contributed by atoms with Crippen LogP contribution in [0, 0.1) is 11.3 Å². The van der Waals surface area contributed by atoms with E-state index in [1.807, 2.05) is 13.8 Å². The summed E-state index contributed by atoms with van der Waals surface area (Å²) in [5.74, 6) is -1.01. The number of amides is 4. The molecule has 0 saturated carbocycles. The number of carbonyl (C=O) groups is 3. The molecule has 1 atom stereocenters. The Morgan fingerprint density at radius 3 is 2.00 bits per heavy atom. The minimum absolute atomic E-state index is 0. The summed E-state index contributed by atoms with van der Waals surface area (Å²) in [7, 11) is 0. The van der Waals surface area contributed by atoms with E-state index in [1.54, 1.807) is 6.92 Å². The second kappa shape index (κ2) is 6.52. The number of urea groups is 1. The van der Waals surface area contributed by atoms with Crippen molar-refractivity contribution in [2.45, 2.75) is 40.0 Å². The Balaban J connectivity index is 0. The summed E-state index contributed by atoms with van der Waals surface area (Å²) in [5, 5.41) is 4.36. The van der Waals surface area contributed by atoms with E-state index < -0.39 is 23.3 Å². The number of carbonyl (C=O) groups excluding carboxylic acids is 3. The molecule has 2 N–H and O–H groups in total. The van der Waals surface area contributed by atoms with E-state index in [1.165, 1.54) is 0 Å². The normalized spacial score (nSPS) is 20.1. The predicted molar refractivity (Wildman–Crippen MR) is 59.6 cm³/mol. The summed E-state index contributed by atoms with van der Waals surface area (Å²) in [5.41, 5.74) is -1.09. The molecule has 1 heterocycles. The van der Waals surface area contributed by atoms with Gasteiger partial charge in [0.2, 0.25) is 11.8 Å². The Hall–Kier alpha value is -0.390. The molecular weight excluding hydrogens is 231 g/mol. The van der Waals surface area contributed by atoms with E-state index in [4.69, 9.17) is 0 Å². The molecule has 0 radical (unpaired) electrons. The van der Waals surface area contributed by atoms with Crippen molar-refractivity contribution < 1.29 is 45.4 Å². The monoisotopic (exact) mass is 250 g/mol. The molecule has 1 unspecified atom stereocenters. The fraction of sp³-hybridized carbons (Fsp3) is 0.727. The number of imide groups is 2. The van der Waals surface area contributed by atoms with Crippen LogP contribution < -0.4 is 40.2 Å². The summed E-state index contributed by atoms with van der Waals surface area (Å²) in [6, 6.07) is -0.720. The maximum atomic E-state index is 11.9. The average molecular weight is 250 g/mol. The SMILES string of the molecule is CCCC(C)C1(CC)C(=O)NC(=O)NC1=O.[H-].[Na+]. The van der Waals surface area contributed by atoms with Crippen LogP contribution in [-0.4, -0.2) is 17.8 Å². The zero-order valence-corrected chi connectivity index (χ0v) is 12.9. The summed E-state index contributed by atoms with van der Waals surface area (Å²) in [6.07, 6.45) is 2.08. The molecule has 1 saturated heterocycles. The zero-order valence-electron chi connectivity index (χ0n) is 11.9. The molecule has 1 aliphatic heterocycles. The largest absolute Gasteiger partial charge is 1.00 e. The third-order valence-electron chi connectivity index (χ3n) is 3.39. The average Bonchev–Trinajstić information content (AvgIpc) is 2.18. The topological polar surface area (TPSA) is 75.3 Å². The predicted octanol–water partition coefficient (Wildman–Crippen LogP) is -1.70. The van der Waals surface area contributed by atoms with E-state index in [-0.39, 0.29) is 36.9 Å². The van der Waals surface area contributed by atoms with Crippen LogP contribution in [0.5, 0.6) is 0 Å². The Labute approximate surface area is 125 Å². The molecule has 1 fully saturated rings. The Morgan fingerprint density at radius 1 is 1.18 bits per heavy atom. The van der Waals surface area contributed by atoms with Crippen molar-refractivity contribution in [3.63, 3.8) is 0 Å². The summed E-state index contributed by atoms with van der Waals surface area (Å²) < 4.78 is 0. The molecule has 6 heteroatoms. The molecular formula is C11H19N2NaO3. The number of hydrogen-bond acceptors (Lipinski definition) is 3. The number of nitrogens with one attached hydrogen (secondary N) is 2. The van der Waals surface area contributed by atoms with Crippen molar-refractivity contribution in [2.24, 2.45) is 11.3 Å². The number of rotatable bonds is 4. The standard InChI is InChI=1S/C11H18N2O3.Na.H/c1-4-6-7(3)11(5-2)8(14)12-10(16)13-9(11)15;;/h7H,4-6H2,1-3H3,(H2,12,13,14,15,16);;/q;+1;-1. The Morgan fingerprint density at radius 2 is 1.65 bits per heavy atom. The van der Waals surface area contributed by atoms with Crippen LogP contribution >= 0.6 is 0 Å². The molecule has 0 aromatic carbocycles. The van der Waals surface area contributed by atoms with Gasteiger partial charge in [-0.1, -0.05) is 27.2 Å². The minimum atomic E-state index is -1.09. The number of hydrogen-bond donors (Lipinski definition) is 2. The van der Waals surface area contributed by atoms with Crippen LogP contribution in [0.4, 0.5) is 4.79 Å². The second-order valence-electron chi connectivity index (χ2n) is 4.25. The third kappa shape index (κ3) is 2.89. The minimum Gasteiger partial charge on any atom is -1.00 e. The summed E-state index contributed by atoms with van der Waals surface area (Å²) >= 11 is 0. The summed E-state index contributed by atoms with van der Waals surface area (Å²) in [6.45, 7) is 5.67. The van der Waals surface area contributed by atoms with Gasteiger partial charge in [-0.25, -0.2) is 4.79 Å². The van der Waals surface area contributed by atoms with Crippen LogP contribution in [0.25, 0.3) is 0 Å². The van der Waals surface area contributed by atoms with Gasteiger partial charge < -0.3 is 1.43 Å². The molecule has 0 aromatic heterocycles. The van der Waals surface area contributed by atoms with Crippen LogP contribution in [0.15, 0.2) is 0 Å². The number of barbiturate groups is 1. The van der Waals surface area contributed by atoms with Gasteiger partial charge in [-0.3, -0.25) is 20.2 Å². The quantitative estimate of drug-likeness (QED) is 0.461. The molecule has 1 rings (SSSR count). The van der Waals surface area contributed by atoms with Gasteiger partial charge in [0.05, 0.1) is 0 Å². The van der Waals surface area contributed by atoms with Crippen molar-refractivity contribution in [1.82, 2.24) is 10.6 Å². The first-order chi connectivity index (χ1) is 7.48. The molecule has 1 aliphatic rings. The first-order valence-corrected chi connectivity index (χ1v) is 5.65. The van der Waals surface area contributed by atoms with Gasteiger partial charge in [-0.05, 0) is 18.8 Å². The fourth-order valence-electron chi connectivity index (χ4n) is 2.36. The van der Waals surface area contributed by atoms with Gasteiger partial charge >= 0.3 is 35.6 Å². The smallest absolute Gasteiger partial charge is 1.00 e. The summed E-state index contributed by atoms with van der Waals surface area (Å²) in [4.78, 5) is 34.8. The third-order valence-corrected chi connectivity index (χ3v) is 3.39. The van der Waals surface area contributed by atoms with E-state index in [0.717, 1.165) is 12.8 Å². The van der Waals surface area contributed by atoms with Crippen LogP contribution in [0.2, 0.25) is 0 Å².